The molecule has 39 heavy (non-hydrogen) atoms. The molecule has 0 bridgehead atoms. The Balaban J connectivity index is 1.10. The fourth-order valence-corrected chi connectivity index (χ4v) is 6.70. The number of esters is 1. The summed E-state index contributed by atoms with van der Waals surface area (Å²) in [6.07, 6.45) is 9.31. The van der Waals surface area contributed by atoms with Gasteiger partial charge in [-0.2, -0.15) is 5.10 Å². The molecule has 0 aromatic rings. The fourth-order valence-electron chi connectivity index (χ4n) is 6.70. The molecule has 2 aliphatic carbocycles. The molecule has 6 atom stereocenters. The minimum atomic E-state index is -0.591. The minimum Gasteiger partial charge on any atom is -0.478 e. The van der Waals surface area contributed by atoms with E-state index in [0.29, 0.717) is 55.9 Å². The molecule has 10 heteroatoms. The van der Waals surface area contributed by atoms with Crippen LogP contribution in [-0.2, 0) is 19.0 Å². The summed E-state index contributed by atoms with van der Waals surface area (Å²) in [5.74, 6) is 2.15. The van der Waals surface area contributed by atoms with E-state index in [0.717, 1.165) is 30.1 Å². The Morgan fingerprint density at radius 2 is 2.00 bits per heavy atom. The van der Waals surface area contributed by atoms with Crippen molar-refractivity contribution in [3.8, 4) is 0 Å². The number of aliphatic imine (C=N–C) groups is 2. The summed E-state index contributed by atoms with van der Waals surface area (Å²) in [5, 5.41) is 8.93. The first-order chi connectivity index (χ1) is 18.8. The molecule has 5 aliphatic heterocycles. The molecule has 0 aromatic carbocycles. The molecule has 0 spiro atoms. The predicted octanol–water partition coefficient (Wildman–Crippen LogP) is 3.45. The average molecular weight is 539 g/mol. The Kier molecular flexibility index (Phi) is 6.26. The van der Waals surface area contributed by atoms with Gasteiger partial charge in [-0.25, -0.2) is 10.4 Å². The van der Waals surface area contributed by atoms with Crippen LogP contribution in [0.25, 0.3) is 0 Å². The Bertz CT molecular complexity index is 1130. The molecule has 10 nitrogen and oxygen atoms in total. The van der Waals surface area contributed by atoms with Crippen LogP contribution in [0, 0.1) is 29.1 Å². The summed E-state index contributed by atoms with van der Waals surface area (Å²) in [7, 11) is 0. The molecule has 2 saturated heterocycles. The second-order valence-corrected chi connectivity index (χ2v) is 13.2. The van der Waals surface area contributed by atoms with Crippen LogP contribution in [0.3, 0.4) is 0 Å². The van der Waals surface area contributed by atoms with Gasteiger partial charge in [0.15, 0.2) is 12.1 Å². The quantitative estimate of drug-likeness (QED) is 0.473. The van der Waals surface area contributed by atoms with E-state index in [1.54, 1.807) is 0 Å². The molecule has 212 valence electrons. The maximum absolute atomic E-state index is 13.2. The van der Waals surface area contributed by atoms with Gasteiger partial charge >= 0.3 is 5.97 Å². The first-order valence-corrected chi connectivity index (χ1v) is 15.0. The van der Waals surface area contributed by atoms with Crippen molar-refractivity contribution in [3.05, 3.63) is 12.0 Å². The maximum atomic E-state index is 13.2. The third-order valence-corrected chi connectivity index (χ3v) is 9.25. The first kappa shape index (κ1) is 25.5. The third-order valence-electron chi connectivity index (χ3n) is 9.25. The number of hydrazine groups is 1. The van der Waals surface area contributed by atoms with Gasteiger partial charge < -0.3 is 14.2 Å². The number of ether oxygens (including phenoxy) is 3. The van der Waals surface area contributed by atoms with Crippen molar-refractivity contribution >= 4 is 23.2 Å². The molecular formula is C29H42N6O4. The van der Waals surface area contributed by atoms with Gasteiger partial charge in [0.05, 0.1) is 25.0 Å². The second kappa shape index (κ2) is 9.58. The number of hydrogen-bond acceptors (Lipinski definition) is 10. The van der Waals surface area contributed by atoms with E-state index in [9.17, 15) is 4.79 Å². The van der Waals surface area contributed by atoms with Crippen LogP contribution >= 0.6 is 0 Å². The van der Waals surface area contributed by atoms with E-state index in [4.69, 9.17) is 29.3 Å². The number of nitrogens with zero attached hydrogens (tertiary/aromatic N) is 5. The number of amidine groups is 1. The van der Waals surface area contributed by atoms with E-state index in [1.807, 2.05) is 11.9 Å². The topological polar surface area (TPSA) is 100 Å². The van der Waals surface area contributed by atoms with E-state index in [1.165, 1.54) is 25.7 Å². The summed E-state index contributed by atoms with van der Waals surface area (Å²) >= 11 is 0. The number of carbonyl (C=O) groups is 1. The van der Waals surface area contributed by atoms with Crippen LogP contribution in [-0.4, -0.2) is 77.5 Å². The predicted molar refractivity (Wildman–Crippen MR) is 147 cm³/mol. The average Bonchev–Trinajstić information content (AvgIpc) is 3.79. The highest BCUT2D eigenvalue weighted by Crippen LogP contribution is 2.47. The standard InChI is InChI=1S/C29H42N6O4/c1-5-37-28(36)24-19(32-35-26(24)31-25(17-8-9-17)18-10-12-39-27(18)35)11-13-38-23-14-20(16-6-7-16)30-22-15-21(29(2,3)4)33-34(22)23/h14,16-18,21-22,24-25,27,33H,5-13,15H2,1-4H3. The molecular weight excluding hydrogens is 496 g/mol. The van der Waals surface area contributed by atoms with Crippen LogP contribution in [0.2, 0.25) is 0 Å². The zero-order valence-electron chi connectivity index (χ0n) is 23.6. The summed E-state index contributed by atoms with van der Waals surface area (Å²) in [6, 6.07) is 0.532. The Hall–Kier alpha value is -2.46. The van der Waals surface area contributed by atoms with E-state index < -0.39 is 5.92 Å². The molecule has 4 fully saturated rings. The van der Waals surface area contributed by atoms with Crippen molar-refractivity contribution in [3.63, 3.8) is 0 Å². The van der Waals surface area contributed by atoms with E-state index in [-0.39, 0.29) is 29.8 Å². The Morgan fingerprint density at radius 1 is 1.18 bits per heavy atom. The smallest absolute Gasteiger partial charge is 0.322 e. The van der Waals surface area contributed by atoms with E-state index in [2.05, 4.69) is 37.3 Å². The third kappa shape index (κ3) is 4.67. The molecule has 1 N–H and O–H groups in total. The van der Waals surface area contributed by atoms with Gasteiger partial charge in [0.25, 0.3) is 0 Å². The van der Waals surface area contributed by atoms with Gasteiger partial charge in [0, 0.05) is 49.1 Å². The SMILES string of the molecule is CCOC(=O)C1C(CCOC2=CC(C3CC3)=NC3CC(C(C)(C)C)NN23)=NN2C1=NC(C1CC1)C1CCOC12. The lowest BCUT2D eigenvalue weighted by Crippen LogP contribution is -2.49. The lowest BCUT2D eigenvalue weighted by molar-refractivity contribution is -0.143. The molecule has 2 saturated carbocycles. The summed E-state index contributed by atoms with van der Waals surface area (Å²) in [5.41, 5.74) is 5.69. The number of allylic oxidation sites excluding steroid dienone is 1. The van der Waals surface area contributed by atoms with Crippen LogP contribution in [0.4, 0.5) is 0 Å². The van der Waals surface area contributed by atoms with Gasteiger partial charge in [0.1, 0.15) is 12.0 Å². The zero-order chi connectivity index (χ0) is 26.9. The number of hydrogen-bond donors (Lipinski definition) is 1. The zero-order valence-corrected chi connectivity index (χ0v) is 23.6. The molecule has 5 heterocycles. The van der Waals surface area contributed by atoms with Crippen LogP contribution in [0.15, 0.2) is 27.0 Å². The summed E-state index contributed by atoms with van der Waals surface area (Å²) in [4.78, 5) is 23.4. The highest BCUT2D eigenvalue weighted by atomic mass is 16.5. The largest absolute Gasteiger partial charge is 0.478 e. The van der Waals surface area contributed by atoms with Crippen LogP contribution in [0.1, 0.15) is 72.6 Å². The Labute approximate surface area is 230 Å². The van der Waals surface area contributed by atoms with Gasteiger partial charge in [-0.05, 0) is 50.4 Å². The highest BCUT2D eigenvalue weighted by Gasteiger charge is 2.54. The number of carbonyl (C=O) groups excluding carboxylic acids is 1. The molecule has 0 radical (unpaired) electrons. The normalized spacial score (nSPS) is 35.5. The van der Waals surface area contributed by atoms with Gasteiger partial charge in [0.2, 0.25) is 5.88 Å². The van der Waals surface area contributed by atoms with Crippen molar-refractivity contribution in [2.75, 3.05) is 19.8 Å². The fraction of sp³-hybridized carbons (Fsp3) is 0.793. The van der Waals surface area contributed by atoms with Crippen molar-refractivity contribution in [1.82, 2.24) is 15.4 Å². The maximum Gasteiger partial charge on any atom is 0.322 e. The molecule has 0 amide bonds. The Morgan fingerprint density at radius 3 is 2.72 bits per heavy atom. The van der Waals surface area contributed by atoms with Crippen molar-refractivity contribution in [2.45, 2.75) is 97.1 Å². The number of hydrazone groups is 1. The first-order valence-electron chi connectivity index (χ1n) is 15.0. The summed E-state index contributed by atoms with van der Waals surface area (Å²) in [6.45, 7) is 10.1. The van der Waals surface area contributed by atoms with Crippen molar-refractivity contribution < 1.29 is 19.0 Å². The highest BCUT2D eigenvalue weighted by molar-refractivity contribution is 6.23. The minimum absolute atomic E-state index is 0.0556. The number of fused-ring (bicyclic) bond motifs is 4. The molecule has 0 aromatic heterocycles. The lowest BCUT2D eigenvalue weighted by atomic mass is 9.85. The second-order valence-electron chi connectivity index (χ2n) is 13.2. The van der Waals surface area contributed by atoms with Crippen LogP contribution in [0.5, 0.6) is 0 Å². The molecule has 6 unspecified atom stereocenters. The number of rotatable bonds is 8. The van der Waals surface area contributed by atoms with Crippen molar-refractivity contribution in [2.24, 2.45) is 44.2 Å². The van der Waals surface area contributed by atoms with Gasteiger partial charge in [-0.3, -0.25) is 19.8 Å². The molecule has 7 rings (SSSR count). The monoisotopic (exact) mass is 538 g/mol. The summed E-state index contributed by atoms with van der Waals surface area (Å²) < 4.78 is 18.1. The number of nitrogens with one attached hydrogen (secondary N) is 1. The van der Waals surface area contributed by atoms with Crippen LogP contribution < -0.4 is 5.43 Å². The van der Waals surface area contributed by atoms with E-state index >= 15 is 0 Å². The molecule has 7 aliphatic rings. The lowest BCUT2D eigenvalue weighted by Gasteiger charge is -2.36. The van der Waals surface area contributed by atoms with Gasteiger partial charge in [-0.1, -0.05) is 20.8 Å². The van der Waals surface area contributed by atoms with Gasteiger partial charge in [-0.15, -0.1) is 0 Å². The van der Waals surface area contributed by atoms with Crippen molar-refractivity contribution in [1.29, 1.82) is 0 Å².